The molecule has 0 N–H and O–H groups in total. The molecule has 0 unspecified atom stereocenters. The summed E-state index contributed by atoms with van der Waals surface area (Å²) >= 11 is 0. The maximum atomic E-state index is 11.7. The average molecular weight is 257 g/mol. The summed E-state index contributed by atoms with van der Waals surface area (Å²) in [5.41, 5.74) is 0. The summed E-state index contributed by atoms with van der Waals surface area (Å²) in [6, 6.07) is 0. The molecule has 0 radical (unpaired) electrons. The third-order valence-corrected chi connectivity index (χ3v) is 1.80. The first-order chi connectivity index (χ1) is 7.85. The van der Waals surface area contributed by atoms with Crippen LogP contribution in [-0.2, 0) is 14.3 Å². The van der Waals surface area contributed by atoms with Crippen molar-refractivity contribution in [3.05, 3.63) is 0 Å². The molecule has 0 rings (SSSR count). The molecule has 0 atom stereocenters. The number of carbonyl (C=O) groups excluding carboxylic acids is 1. The first kappa shape index (κ1) is 16.2. The molecule has 0 aromatic carbocycles. The van der Waals surface area contributed by atoms with Crippen LogP contribution in [-0.4, -0.2) is 57.0 Å². The van der Waals surface area contributed by atoms with E-state index < -0.39 is 12.8 Å². The quantitative estimate of drug-likeness (QED) is 0.487. The molecular weight excluding hydrogens is 239 g/mol. The van der Waals surface area contributed by atoms with Gasteiger partial charge in [-0.2, -0.15) is 13.2 Å². The molecule has 0 aliphatic heterocycles. The largest absolute Gasteiger partial charge is 0.465 e. The minimum absolute atomic E-state index is 0.0205. The number of nitrogens with zero attached hydrogens (tertiary/aromatic N) is 1. The van der Waals surface area contributed by atoms with Crippen LogP contribution in [0.25, 0.3) is 0 Å². The topological polar surface area (TPSA) is 38.8 Å². The summed E-state index contributed by atoms with van der Waals surface area (Å²) in [5, 5.41) is 0. The Morgan fingerprint density at radius 3 is 2.53 bits per heavy atom. The summed E-state index contributed by atoms with van der Waals surface area (Å²) in [4.78, 5) is 12.7. The molecule has 0 aliphatic carbocycles. The van der Waals surface area contributed by atoms with Crippen molar-refractivity contribution in [1.82, 2.24) is 4.90 Å². The number of esters is 1. The van der Waals surface area contributed by atoms with Crippen LogP contribution in [0.5, 0.6) is 0 Å². The van der Waals surface area contributed by atoms with Crippen molar-refractivity contribution in [3.8, 4) is 0 Å². The highest BCUT2D eigenvalue weighted by atomic mass is 19.4. The van der Waals surface area contributed by atoms with Crippen LogP contribution >= 0.6 is 0 Å². The van der Waals surface area contributed by atoms with Gasteiger partial charge in [-0.05, 0) is 20.4 Å². The van der Waals surface area contributed by atoms with Gasteiger partial charge in [-0.15, -0.1) is 0 Å². The van der Waals surface area contributed by atoms with Crippen LogP contribution in [0.1, 0.15) is 13.3 Å². The zero-order valence-electron chi connectivity index (χ0n) is 10.0. The Kier molecular flexibility index (Phi) is 7.90. The molecule has 0 saturated heterocycles. The lowest BCUT2D eigenvalue weighted by Gasteiger charge is -2.15. The van der Waals surface area contributed by atoms with Crippen molar-refractivity contribution in [2.45, 2.75) is 19.5 Å². The number of likely N-dealkylation sites (N-methyl/N-ethyl adjacent to an activating group) is 1. The SMILES string of the molecule is CCOC(=O)CN(C)CCCOCC(F)(F)F. The van der Waals surface area contributed by atoms with Crippen LogP contribution in [0.2, 0.25) is 0 Å². The molecule has 0 aromatic heterocycles. The zero-order valence-corrected chi connectivity index (χ0v) is 10.0. The van der Waals surface area contributed by atoms with Crippen LogP contribution in [0.4, 0.5) is 13.2 Å². The average Bonchev–Trinajstić information content (AvgIpc) is 2.15. The van der Waals surface area contributed by atoms with E-state index in [4.69, 9.17) is 4.74 Å². The second kappa shape index (κ2) is 8.30. The zero-order chi connectivity index (χ0) is 13.3. The summed E-state index contributed by atoms with van der Waals surface area (Å²) in [6.07, 6.45) is -3.84. The minimum atomic E-state index is -4.28. The van der Waals surface area contributed by atoms with Crippen LogP contribution in [0, 0.1) is 0 Å². The normalized spacial score (nSPS) is 11.9. The van der Waals surface area contributed by atoms with Crippen molar-refractivity contribution >= 4 is 5.97 Å². The molecule has 0 aromatic rings. The van der Waals surface area contributed by atoms with Gasteiger partial charge < -0.3 is 9.47 Å². The van der Waals surface area contributed by atoms with Crippen LogP contribution in [0.15, 0.2) is 0 Å². The molecule has 0 spiro atoms. The monoisotopic (exact) mass is 257 g/mol. The first-order valence-corrected chi connectivity index (χ1v) is 5.34. The van der Waals surface area contributed by atoms with Gasteiger partial charge in [0.05, 0.1) is 13.2 Å². The van der Waals surface area contributed by atoms with Gasteiger partial charge in [0, 0.05) is 13.2 Å². The lowest BCUT2D eigenvalue weighted by molar-refractivity contribution is -0.174. The van der Waals surface area contributed by atoms with E-state index >= 15 is 0 Å². The van der Waals surface area contributed by atoms with Gasteiger partial charge in [-0.3, -0.25) is 9.69 Å². The van der Waals surface area contributed by atoms with Crippen molar-refractivity contribution in [2.75, 3.05) is 40.0 Å². The third kappa shape index (κ3) is 11.4. The van der Waals surface area contributed by atoms with Crippen molar-refractivity contribution in [3.63, 3.8) is 0 Å². The Bertz CT molecular complexity index is 221. The van der Waals surface area contributed by atoms with E-state index in [9.17, 15) is 18.0 Å². The summed E-state index contributed by atoms with van der Waals surface area (Å²) in [7, 11) is 1.70. The maximum absolute atomic E-state index is 11.7. The molecule has 17 heavy (non-hydrogen) atoms. The molecule has 0 heterocycles. The smallest absolute Gasteiger partial charge is 0.411 e. The standard InChI is InChI=1S/C10H18F3NO3/c1-3-17-9(15)7-14(2)5-4-6-16-8-10(11,12)13/h3-8H2,1-2H3. The van der Waals surface area contributed by atoms with Gasteiger partial charge in [0.1, 0.15) is 6.61 Å². The molecule has 7 heteroatoms. The van der Waals surface area contributed by atoms with Gasteiger partial charge in [0.25, 0.3) is 0 Å². The number of carbonyl (C=O) groups is 1. The van der Waals surface area contributed by atoms with Gasteiger partial charge in [0.2, 0.25) is 0 Å². The maximum Gasteiger partial charge on any atom is 0.411 e. The van der Waals surface area contributed by atoms with Gasteiger partial charge >= 0.3 is 12.1 Å². The molecular formula is C10H18F3NO3. The molecule has 102 valence electrons. The van der Waals surface area contributed by atoms with E-state index in [-0.39, 0.29) is 19.1 Å². The molecule has 0 bridgehead atoms. The molecule has 4 nitrogen and oxygen atoms in total. The van der Waals surface area contributed by atoms with E-state index in [0.717, 1.165) is 0 Å². The fourth-order valence-electron chi connectivity index (χ4n) is 1.13. The van der Waals surface area contributed by atoms with E-state index in [1.165, 1.54) is 0 Å². The number of hydrogen-bond acceptors (Lipinski definition) is 4. The second-order valence-electron chi connectivity index (χ2n) is 3.56. The molecule has 0 amide bonds. The van der Waals surface area contributed by atoms with Crippen molar-refractivity contribution in [1.29, 1.82) is 0 Å². The molecule has 0 fully saturated rings. The summed E-state index contributed by atoms with van der Waals surface area (Å²) in [5.74, 6) is -0.341. The van der Waals surface area contributed by atoms with Gasteiger partial charge in [0.15, 0.2) is 0 Å². The Hall–Kier alpha value is -0.820. The van der Waals surface area contributed by atoms with E-state index in [1.807, 2.05) is 0 Å². The highest BCUT2D eigenvalue weighted by molar-refractivity contribution is 5.71. The van der Waals surface area contributed by atoms with Gasteiger partial charge in [-0.1, -0.05) is 0 Å². The van der Waals surface area contributed by atoms with Crippen molar-refractivity contribution < 1.29 is 27.4 Å². The fraction of sp³-hybridized carbons (Fsp3) is 0.900. The molecule has 0 aliphatic rings. The minimum Gasteiger partial charge on any atom is -0.465 e. The number of rotatable bonds is 8. The summed E-state index contributed by atoms with van der Waals surface area (Å²) in [6.45, 7) is 1.44. The van der Waals surface area contributed by atoms with Crippen LogP contribution in [0.3, 0.4) is 0 Å². The van der Waals surface area contributed by atoms with Gasteiger partial charge in [-0.25, -0.2) is 0 Å². The van der Waals surface area contributed by atoms with E-state index in [2.05, 4.69) is 4.74 Å². The Balaban J connectivity index is 3.45. The van der Waals surface area contributed by atoms with Crippen molar-refractivity contribution in [2.24, 2.45) is 0 Å². The fourth-order valence-corrected chi connectivity index (χ4v) is 1.13. The summed E-state index contributed by atoms with van der Waals surface area (Å²) < 4.78 is 44.3. The third-order valence-electron chi connectivity index (χ3n) is 1.80. The second-order valence-corrected chi connectivity index (χ2v) is 3.56. The first-order valence-electron chi connectivity index (χ1n) is 5.34. The number of hydrogen-bond donors (Lipinski definition) is 0. The Morgan fingerprint density at radius 2 is 2.00 bits per heavy atom. The highest BCUT2D eigenvalue weighted by Gasteiger charge is 2.27. The van der Waals surface area contributed by atoms with Crippen LogP contribution < -0.4 is 0 Å². The lowest BCUT2D eigenvalue weighted by Crippen LogP contribution is -2.29. The Labute approximate surface area is 98.7 Å². The van der Waals surface area contributed by atoms with E-state index in [1.54, 1.807) is 18.9 Å². The number of ether oxygens (including phenoxy) is 2. The Morgan fingerprint density at radius 1 is 1.35 bits per heavy atom. The predicted molar refractivity (Wildman–Crippen MR) is 55.6 cm³/mol. The number of halogens is 3. The lowest BCUT2D eigenvalue weighted by atomic mass is 10.4. The molecule has 0 saturated carbocycles. The number of alkyl halides is 3. The predicted octanol–water partition coefficient (Wildman–Crippen LogP) is 1.45. The highest BCUT2D eigenvalue weighted by Crippen LogP contribution is 2.14. The van der Waals surface area contributed by atoms with E-state index in [0.29, 0.717) is 19.6 Å².